The topological polar surface area (TPSA) is 72.0 Å². The first-order chi connectivity index (χ1) is 11.0. The standard InChI is InChI=1S/C17H17N3O2S/c1-13-4-2-3-5-15(13)12-23(21,22)20-11-14-6-7-16-17(10-14)19-9-8-18-16/h2-10,20H,11-12H2,1H3. The molecule has 1 heterocycles. The van der Waals surface area contributed by atoms with Crippen molar-refractivity contribution in [2.24, 2.45) is 0 Å². The van der Waals surface area contributed by atoms with Gasteiger partial charge in [0.1, 0.15) is 0 Å². The number of nitrogens with one attached hydrogen (secondary N) is 1. The molecule has 0 bridgehead atoms. The second-order valence-corrected chi connectivity index (χ2v) is 7.19. The molecule has 1 aromatic heterocycles. The van der Waals surface area contributed by atoms with Crippen LogP contribution in [0.25, 0.3) is 11.0 Å². The molecular formula is C17H17N3O2S. The van der Waals surface area contributed by atoms with E-state index in [1.54, 1.807) is 12.4 Å². The molecule has 0 saturated heterocycles. The number of sulfonamides is 1. The number of aryl methyl sites for hydroxylation is 1. The fraction of sp³-hybridized carbons (Fsp3) is 0.176. The number of rotatable bonds is 5. The second kappa shape index (κ2) is 6.44. The summed E-state index contributed by atoms with van der Waals surface area (Å²) in [5.41, 5.74) is 4.18. The summed E-state index contributed by atoms with van der Waals surface area (Å²) < 4.78 is 27.1. The van der Waals surface area contributed by atoms with Crippen LogP contribution in [0.3, 0.4) is 0 Å². The molecule has 0 radical (unpaired) electrons. The molecule has 1 N–H and O–H groups in total. The molecule has 0 saturated carbocycles. The monoisotopic (exact) mass is 327 g/mol. The summed E-state index contributed by atoms with van der Waals surface area (Å²) in [6.45, 7) is 2.15. The smallest absolute Gasteiger partial charge is 0.216 e. The minimum Gasteiger partial charge on any atom is -0.253 e. The van der Waals surface area contributed by atoms with E-state index in [9.17, 15) is 8.42 Å². The Labute approximate surface area is 135 Å². The molecule has 0 aliphatic heterocycles. The summed E-state index contributed by atoms with van der Waals surface area (Å²) in [6.07, 6.45) is 3.25. The number of aromatic nitrogens is 2. The molecule has 23 heavy (non-hydrogen) atoms. The Morgan fingerprint density at radius 3 is 2.52 bits per heavy atom. The molecule has 0 aliphatic carbocycles. The van der Waals surface area contributed by atoms with Gasteiger partial charge in [-0.25, -0.2) is 13.1 Å². The summed E-state index contributed by atoms with van der Waals surface area (Å²) in [4.78, 5) is 8.42. The summed E-state index contributed by atoms with van der Waals surface area (Å²) in [7, 11) is -3.39. The third-order valence-electron chi connectivity index (χ3n) is 3.64. The number of hydrogen-bond donors (Lipinski definition) is 1. The van der Waals surface area contributed by atoms with Gasteiger partial charge in [0.05, 0.1) is 16.8 Å². The van der Waals surface area contributed by atoms with E-state index in [-0.39, 0.29) is 12.3 Å². The summed E-state index contributed by atoms with van der Waals surface area (Å²) in [5, 5.41) is 0. The van der Waals surface area contributed by atoms with Gasteiger partial charge in [-0.05, 0) is 35.7 Å². The minimum absolute atomic E-state index is 0.0208. The average Bonchev–Trinajstić information content (AvgIpc) is 2.55. The van der Waals surface area contributed by atoms with Gasteiger partial charge in [0.2, 0.25) is 10.0 Å². The van der Waals surface area contributed by atoms with E-state index in [4.69, 9.17) is 0 Å². The van der Waals surface area contributed by atoms with Crippen molar-refractivity contribution in [3.63, 3.8) is 0 Å². The first-order valence-electron chi connectivity index (χ1n) is 7.25. The molecule has 0 unspecified atom stereocenters. The lowest BCUT2D eigenvalue weighted by Crippen LogP contribution is -2.25. The fourth-order valence-electron chi connectivity index (χ4n) is 2.34. The van der Waals surface area contributed by atoms with E-state index in [2.05, 4.69) is 14.7 Å². The van der Waals surface area contributed by atoms with Gasteiger partial charge in [0.25, 0.3) is 0 Å². The van der Waals surface area contributed by atoms with E-state index in [0.29, 0.717) is 0 Å². The van der Waals surface area contributed by atoms with Crippen molar-refractivity contribution >= 4 is 21.1 Å². The highest BCUT2D eigenvalue weighted by molar-refractivity contribution is 7.88. The lowest BCUT2D eigenvalue weighted by Gasteiger charge is -2.09. The van der Waals surface area contributed by atoms with Crippen LogP contribution in [0.1, 0.15) is 16.7 Å². The Balaban J connectivity index is 1.72. The largest absolute Gasteiger partial charge is 0.253 e. The van der Waals surface area contributed by atoms with Crippen LogP contribution in [0.2, 0.25) is 0 Å². The number of benzene rings is 2. The van der Waals surface area contributed by atoms with Crippen molar-refractivity contribution in [1.29, 1.82) is 0 Å². The highest BCUT2D eigenvalue weighted by Crippen LogP contribution is 2.13. The van der Waals surface area contributed by atoms with Gasteiger partial charge in [-0.1, -0.05) is 30.3 Å². The molecule has 0 amide bonds. The SMILES string of the molecule is Cc1ccccc1CS(=O)(=O)NCc1ccc2nccnc2c1. The van der Waals surface area contributed by atoms with Crippen LogP contribution in [0, 0.1) is 6.92 Å². The van der Waals surface area contributed by atoms with Gasteiger partial charge in [-0.2, -0.15) is 0 Å². The zero-order chi connectivity index (χ0) is 16.3. The third-order valence-corrected chi connectivity index (χ3v) is 4.91. The van der Waals surface area contributed by atoms with E-state index >= 15 is 0 Å². The van der Waals surface area contributed by atoms with Crippen LogP contribution in [0.15, 0.2) is 54.9 Å². The van der Waals surface area contributed by atoms with Crippen LogP contribution in [-0.2, 0) is 22.3 Å². The molecule has 5 nitrogen and oxygen atoms in total. The molecule has 3 aromatic rings. The number of nitrogens with zero attached hydrogens (tertiary/aromatic N) is 2. The quantitative estimate of drug-likeness (QED) is 0.782. The maximum Gasteiger partial charge on any atom is 0.216 e. The molecule has 0 spiro atoms. The number of hydrogen-bond acceptors (Lipinski definition) is 4. The Morgan fingerprint density at radius 1 is 1.00 bits per heavy atom. The first-order valence-corrected chi connectivity index (χ1v) is 8.90. The summed E-state index contributed by atoms with van der Waals surface area (Å²) in [6, 6.07) is 13.0. The summed E-state index contributed by atoms with van der Waals surface area (Å²) >= 11 is 0. The van der Waals surface area contributed by atoms with Gasteiger partial charge in [-0.3, -0.25) is 9.97 Å². The highest BCUT2D eigenvalue weighted by atomic mass is 32.2. The van der Waals surface area contributed by atoms with Crippen LogP contribution in [-0.4, -0.2) is 18.4 Å². The lowest BCUT2D eigenvalue weighted by atomic mass is 10.1. The van der Waals surface area contributed by atoms with Crippen LogP contribution >= 0.6 is 0 Å². The lowest BCUT2D eigenvalue weighted by molar-refractivity contribution is 0.580. The van der Waals surface area contributed by atoms with Crippen molar-refractivity contribution in [3.8, 4) is 0 Å². The highest BCUT2D eigenvalue weighted by Gasteiger charge is 2.12. The zero-order valence-corrected chi connectivity index (χ0v) is 13.5. The molecular weight excluding hydrogens is 310 g/mol. The first kappa shape index (κ1) is 15.6. The predicted molar refractivity (Wildman–Crippen MR) is 90.2 cm³/mol. The van der Waals surface area contributed by atoms with Crippen LogP contribution in [0.4, 0.5) is 0 Å². The maximum absolute atomic E-state index is 12.3. The molecule has 118 valence electrons. The Hall–Kier alpha value is -2.31. The second-order valence-electron chi connectivity index (χ2n) is 5.39. The molecule has 0 atom stereocenters. The van der Waals surface area contributed by atoms with Gasteiger partial charge in [0.15, 0.2) is 0 Å². The number of fused-ring (bicyclic) bond motifs is 1. The predicted octanol–water partition coefficient (Wildman–Crippen LogP) is 2.56. The molecule has 3 rings (SSSR count). The van der Waals surface area contributed by atoms with Gasteiger partial charge in [0, 0.05) is 18.9 Å². The maximum atomic E-state index is 12.3. The minimum atomic E-state index is -3.39. The van der Waals surface area contributed by atoms with E-state index in [1.165, 1.54) is 0 Å². The summed E-state index contributed by atoms with van der Waals surface area (Å²) in [5.74, 6) is -0.0208. The molecule has 0 fully saturated rings. The molecule has 2 aromatic carbocycles. The van der Waals surface area contributed by atoms with Crippen LogP contribution in [0.5, 0.6) is 0 Å². The van der Waals surface area contributed by atoms with E-state index in [0.717, 1.165) is 27.7 Å². The van der Waals surface area contributed by atoms with Crippen molar-refractivity contribution in [2.75, 3.05) is 0 Å². The van der Waals surface area contributed by atoms with E-state index < -0.39 is 10.0 Å². The normalized spacial score (nSPS) is 11.7. The van der Waals surface area contributed by atoms with Crippen LogP contribution < -0.4 is 4.72 Å². The van der Waals surface area contributed by atoms with E-state index in [1.807, 2.05) is 49.4 Å². The third kappa shape index (κ3) is 3.91. The average molecular weight is 327 g/mol. The van der Waals surface area contributed by atoms with Gasteiger partial charge >= 0.3 is 0 Å². The van der Waals surface area contributed by atoms with Crippen molar-refractivity contribution < 1.29 is 8.42 Å². The fourth-order valence-corrected chi connectivity index (χ4v) is 3.56. The Kier molecular flexibility index (Phi) is 4.36. The van der Waals surface area contributed by atoms with Gasteiger partial charge in [-0.15, -0.1) is 0 Å². The Morgan fingerprint density at radius 2 is 1.74 bits per heavy atom. The van der Waals surface area contributed by atoms with Crippen molar-refractivity contribution in [3.05, 3.63) is 71.5 Å². The van der Waals surface area contributed by atoms with Crippen molar-refractivity contribution in [1.82, 2.24) is 14.7 Å². The zero-order valence-electron chi connectivity index (χ0n) is 12.7. The molecule has 6 heteroatoms. The molecule has 0 aliphatic rings. The van der Waals surface area contributed by atoms with Gasteiger partial charge < -0.3 is 0 Å². The van der Waals surface area contributed by atoms with Crippen molar-refractivity contribution in [2.45, 2.75) is 19.2 Å². The Bertz CT molecular complexity index is 939.